The molecule has 0 aliphatic carbocycles. The highest BCUT2D eigenvalue weighted by Crippen LogP contribution is 2.41. The van der Waals surface area contributed by atoms with Crippen LogP contribution in [0.15, 0.2) is 49.1 Å². The van der Waals surface area contributed by atoms with Crippen LogP contribution in [0.25, 0.3) is 17.2 Å². The second kappa shape index (κ2) is 9.17. The van der Waals surface area contributed by atoms with Crippen molar-refractivity contribution in [3.63, 3.8) is 0 Å². The van der Waals surface area contributed by atoms with Crippen LogP contribution in [0.4, 0.5) is 10.6 Å². The summed E-state index contributed by atoms with van der Waals surface area (Å²) < 4.78 is 19.3. The molecule has 12 heteroatoms. The summed E-state index contributed by atoms with van der Waals surface area (Å²) in [7, 11) is 0. The third-order valence-corrected chi connectivity index (χ3v) is 5.46. The fraction of sp³-hybridized carbons (Fsp3) is 0.318. The van der Waals surface area contributed by atoms with Crippen LogP contribution in [-0.2, 0) is 19.0 Å². The number of amides is 2. The van der Waals surface area contributed by atoms with E-state index < -0.39 is 42.8 Å². The third kappa shape index (κ3) is 4.09. The van der Waals surface area contributed by atoms with Crippen molar-refractivity contribution in [2.45, 2.75) is 37.8 Å². The smallest absolute Gasteiger partial charge is 0.335 e. The molecule has 12 nitrogen and oxygen atoms in total. The van der Waals surface area contributed by atoms with Crippen LogP contribution in [0, 0.1) is 0 Å². The number of rotatable bonds is 6. The van der Waals surface area contributed by atoms with Gasteiger partial charge in [-0.2, -0.15) is 0 Å². The van der Waals surface area contributed by atoms with Crippen molar-refractivity contribution in [2.75, 3.05) is 11.9 Å². The lowest BCUT2D eigenvalue weighted by atomic mass is 10.1. The summed E-state index contributed by atoms with van der Waals surface area (Å²) in [4.78, 5) is 36.5. The van der Waals surface area contributed by atoms with E-state index in [1.54, 1.807) is 17.6 Å². The Bertz CT molecular complexity index is 1230. The molecule has 5 unspecified atom stereocenters. The Balaban J connectivity index is 1.42. The molecule has 2 saturated heterocycles. The zero-order chi connectivity index (χ0) is 23.7. The number of anilines is 1. The first-order chi connectivity index (χ1) is 16.5. The van der Waals surface area contributed by atoms with Crippen molar-refractivity contribution < 1.29 is 28.9 Å². The molecule has 3 aromatic rings. The van der Waals surface area contributed by atoms with Gasteiger partial charge in [0.05, 0.1) is 6.33 Å². The number of benzene rings is 1. The van der Waals surface area contributed by atoms with E-state index in [0.29, 0.717) is 17.7 Å². The van der Waals surface area contributed by atoms with Crippen molar-refractivity contribution >= 4 is 35.1 Å². The van der Waals surface area contributed by atoms with Gasteiger partial charge in [-0.15, -0.1) is 0 Å². The predicted molar refractivity (Wildman–Crippen MR) is 119 cm³/mol. The van der Waals surface area contributed by atoms with Crippen LogP contribution in [0.2, 0.25) is 0 Å². The fourth-order valence-corrected chi connectivity index (χ4v) is 3.98. The van der Waals surface area contributed by atoms with E-state index in [2.05, 4.69) is 25.6 Å². The molecule has 176 valence electrons. The first-order valence-corrected chi connectivity index (χ1v) is 10.7. The summed E-state index contributed by atoms with van der Waals surface area (Å²) in [5.74, 6) is -0.947. The van der Waals surface area contributed by atoms with E-state index >= 15 is 0 Å². The molecule has 34 heavy (non-hydrogen) atoms. The van der Waals surface area contributed by atoms with Gasteiger partial charge in [0.25, 0.3) is 0 Å². The number of carboxylic acids is 1. The Morgan fingerprint density at radius 3 is 2.68 bits per heavy atom. The van der Waals surface area contributed by atoms with E-state index in [4.69, 9.17) is 14.2 Å². The molecule has 0 bridgehead atoms. The van der Waals surface area contributed by atoms with Gasteiger partial charge >= 0.3 is 12.0 Å². The normalized spacial score (nSPS) is 26.1. The SMILES string of the molecule is CCNC(=O)Nc1ncnc2c1ncn2C1OC(C(=O)O)C2OC(/C=C/c3ccccc3)OC21. The molecule has 2 fully saturated rings. The van der Waals surface area contributed by atoms with Gasteiger partial charge in [0.15, 0.2) is 35.6 Å². The number of imidazole rings is 1. The summed E-state index contributed by atoms with van der Waals surface area (Å²) in [5, 5.41) is 14.9. The number of hydrogen-bond acceptors (Lipinski definition) is 8. The van der Waals surface area contributed by atoms with Gasteiger partial charge in [0.2, 0.25) is 0 Å². The van der Waals surface area contributed by atoms with Gasteiger partial charge in [0, 0.05) is 6.54 Å². The number of ether oxygens (including phenoxy) is 3. The molecule has 0 radical (unpaired) electrons. The second-order valence-corrected chi connectivity index (χ2v) is 7.66. The quantitative estimate of drug-likeness (QED) is 0.494. The van der Waals surface area contributed by atoms with Crippen molar-refractivity contribution in [1.82, 2.24) is 24.8 Å². The van der Waals surface area contributed by atoms with E-state index in [1.807, 2.05) is 36.4 Å². The van der Waals surface area contributed by atoms with Crippen LogP contribution in [0.3, 0.4) is 0 Å². The summed E-state index contributed by atoms with van der Waals surface area (Å²) in [6.07, 6.45) is 1.89. The maximum absolute atomic E-state index is 11.9. The van der Waals surface area contributed by atoms with E-state index in [9.17, 15) is 14.7 Å². The van der Waals surface area contributed by atoms with Crippen LogP contribution < -0.4 is 10.6 Å². The molecule has 0 saturated carbocycles. The Labute approximate surface area is 193 Å². The average Bonchev–Trinajstić information content (AvgIpc) is 3.52. The zero-order valence-electron chi connectivity index (χ0n) is 18.1. The Morgan fingerprint density at radius 1 is 1.12 bits per heavy atom. The number of aromatic nitrogens is 4. The van der Waals surface area contributed by atoms with Gasteiger partial charge < -0.3 is 24.6 Å². The average molecular weight is 466 g/mol. The van der Waals surface area contributed by atoms with Crippen molar-refractivity contribution in [1.29, 1.82) is 0 Å². The molecule has 5 rings (SSSR count). The highest BCUT2D eigenvalue weighted by Gasteiger charge is 2.56. The van der Waals surface area contributed by atoms with E-state index in [1.165, 1.54) is 12.7 Å². The maximum Gasteiger partial charge on any atom is 0.335 e. The van der Waals surface area contributed by atoms with Gasteiger partial charge in [-0.05, 0) is 18.6 Å². The summed E-state index contributed by atoms with van der Waals surface area (Å²) in [5.41, 5.74) is 1.63. The number of carbonyl (C=O) groups is 2. The van der Waals surface area contributed by atoms with Crippen molar-refractivity contribution in [3.8, 4) is 0 Å². The number of nitrogens with one attached hydrogen (secondary N) is 2. The number of urea groups is 1. The Kier molecular flexibility index (Phi) is 5.92. The minimum absolute atomic E-state index is 0.214. The van der Waals surface area contributed by atoms with E-state index in [-0.39, 0.29) is 5.82 Å². The molecule has 5 atom stereocenters. The third-order valence-electron chi connectivity index (χ3n) is 5.46. The highest BCUT2D eigenvalue weighted by molar-refractivity contribution is 5.95. The maximum atomic E-state index is 11.9. The number of aliphatic carboxylic acids is 1. The first-order valence-electron chi connectivity index (χ1n) is 10.7. The minimum Gasteiger partial charge on any atom is -0.479 e. The molecule has 3 N–H and O–H groups in total. The monoisotopic (exact) mass is 466 g/mol. The van der Waals surface area contributed by atoms with Crippen molar-refractivity contribution in [2.24, 2.45) is 0 Å². The summed E-state index contributed by atoms with van der Waals surface area (Å²) >= 11 is 0. The lowest BCUT2D eigenvalue weighted by molar-refractivity contribution is -0.166. The molecule has 2 aliphatic heterocycles. The molecule has 2 aromatic heterocycles. The van der Waals surface area contributed by atoms with Crippen LogP contribution in [0.5, 0.6) is 0 Å². The topological polar surface area (TPSA) is 150 Å². The highest BCUT2D eigenvalue weighted by atomic mass is 16.8. The summed E-state index contributed by atoms with van der Waals surface area (Å²) in [6, 6.07) is 9.18. The molecule has 1 aromatic carbocycles. The van der Waals surface area contributed by atoms with Crippen LogP contribution in [0.1, 0.15) is 18.7 Å². The lowest BCUT2D eigenvalue weighted by Crippen LogP contribution is -2.34. The predicted octanol–water partition coefficient (Wildman–Crippen LogP) is 1.77. The molecule has 4 heterocycles. The number of hydrogen-bond donors (Lipinski definition) is 3. The Hall–Kier alpha value is -3.87. The molecule has 2 amide bonds. The summed E-state index contributed by atoms with van der Waals surface area (Å²) in [6.45, 7) is 2.24. The largest absolute Gasteiger partial charge is 0.479 e. The second-order valence-electron chi connectivity index (χ2n) is 7.66. The van der Waals surface area contributed by atoms with Gasteiger partial charge in [-0.3, -0.25) is 9.88 Å². The van der Waals surface area contributed by atoms with Crippen LogP contribution >= 0.6 is 0 Å². The minimum atomic E-state index is -1.24. The zero-order valence-corrected chi connectivity index (χ0v) is 18.1. The van der Waals surface area contributed by atoms with Gasteiger partial charge in [0.1, 0.15) is 18.5 Å². The molecule has 0 spiro atoms. The Morgan fingerprint density at radius 2 is 1.91 bits per heavy atom. The van der Waals surface area contributed by atoms with E-state index in [0.717, 1.165) is 5.56 Å². The fourth-order valence-electron chi connectivity index (χ4n) is 3.98. The standard InChI is InChI=1S/C22H22N6O6/c1-2-23-22(31)27-18-14-19(25-10-24-18)28(11-26-14)20-16-15(17(34-20)21(29)30)32-13(33-16)9-8-12-6-4-3-5-7-12/h3-11,13,15-17,20H,2H2,1H3,(H,29,30)(H2,23,24,25,27,31)/b9-8+. The molecular weight excluding hydrogens is 444 g/mol. The van der Waals surface area contributed by atoms with Crippen molar-refractivity contribution in [3.05, 3.63) is 54.6 Å². The van der Waals surface area contributed by atoms with Crippen LogP contribution in [-0.4, -0.2) is 67.8 Å². The number of carboxylic acid groups (broad SMARTS) is 1. The number of carbonyl (C=O) groups excluding carboxylic acids is 1. The van der Waals surface area contributed by atoms with Gasteiger partial charge in [-0.25, -0.2) is 24.5 Å². The molecular formula is C22H22N6O6. The number of fused-ring (bicyclic) bond motifs is 2. The molecule has 2 aliphatic rings. The lowest BCUT2D eigenvalue weighted by Gasteiger charge is -2.19. The first kappa shape index (κ1) is 21.9. The number of nitrogens with zero attached hydrogens (tertiary/aromatic N) is 4. The van der Waals surface area contributed by atoms with Gasteiger partial charge in [-0.1, -0.05) is 36.4 Å².